The van der Waals surface area contributed by atoms with Gasteiger partial charge >= 0.3 is 5.76 Å². The molecule has 4 aromatic heterocycles. The Labute approximate surface area is 236 Å². The monoisotopic (exact) mass is 564 g/mol. The largest absolute Gasteiger partial charge is 0.439 e. The van der Waals surface area contributed by atoms with Gasteiger partial charge in [0.05, 0.1) is 23.8 Å². The van der Waals surface area contributed by atoms with Gasteiger partial charge in [-0.1, -0.05) is 36.5 Å². The highest BCUT2D eigenvalue weighted by Gasteiger charge is 2.39. The minimum Gasteiger partial charge on any atom is -0.374 e. The number of rotatable bonds is 5. The maximum absolute atomic E-state index is 11.8. The van der Waals surface area contributed by atoms with E-state index < -0.39 is 5.76 Å². The Hall–Kier alpha value is -3.31. The first-order valence-corrected chi connectivity index (χ1v) is 14.7. The molecule has 1 N–H and O–H groups in total. The molecule has 0 radical (unpaired) electrons. The molecular formula is C28H33ClN8O3. The fraction of sp³-hybridized carbons (Fsp3) is 0.571. The fourth-order valence-corrected chi connectivity index (χ4v) is 6.89. The van der Waals surface area contributed by atoms with Gasteiger partial charge in [0.1, 0.15) is 11.2 Å². The SMILES string of the molecule is Cc1ncc(Cl)cc1-c1nc(-c2noc(=O)[nH]2)nc2nc(N3CCO[C@H]4CCC[C@@H]43)n(CC3CCC(C)CC3)c12. The molecule has 4 aromatic rings. The minimum atomic E-state index is -0.667. The van der Waals surface area contributed by atoms with Gasteiger partial charge in [-0.25, -0.2) is 14.8 Å². The molecule has 11 nitrogen and oxygen atoms in total. The van der Waals surface area contributed by atoms with Crippen LogP contribution in [0.25, 0.3) is 34.1 Å². The molecule has 3 aliphatic rings. The summed E-state index contributed by atoms with van der Waals surface area (Å²) in [4.78, 5) is 36.3. The van der Waals surface area contributed by atoms with Crippen LogP contribution in [0.5, 0.6) is 0 Å². The first-order valence-electron chi connectivity index (χ1n) is 14.3. The van der Waals surface area contributed by atoms with Crippen LogP contribution in [0.15, 0.2) is 21.6 Å². The summed E-state index contributed by atoms with van der Waals surface area (Å²) in [5, 5.41) is 4.37. The smallest absolute Gasteiger partial charge is 0.374 e. The van der Waals surface area contributed by atoms with E-state index in [1.165, 1.54) is 25.7 Å². The Morgan fingerprint density at radius 3 is 2.77 bits per heavy atom. The number of H-pyrrole nitrogens is 1. The molecule has 0 bridgehead atoms. The van der Waals surface area contributed by atoms with Crippen molar-refractivity contribution in [2.45, 2.75) is 77.5 Å². The molecule has 12 heteroatoms. The van der Waals surface area contributed by atoms with Crippen LogP contribution < -0.4 is 10.7 Å². The second-order valence-electron chi connectivity index (χ2n) is 11.5. The average Bonchev–Trinajstić information content (AvgIpc) is 3.69. The van der Waals surface area contributed by atoms with Crippen molar-refractivity contribution in [2.24, 2.45) is 11.8 Å². The summed E-state index contributed by atoms with van der Waals surface area (Å²) in [7, 11) is 0. The van der Waals surface area contributed by atoms with Crippen molar-refractivity contribution in [3.63, 3.8) is 0 Å². The van der Waals surface area contributed by atoms with Gasteiger partial charge in [0.15, 0.2) is 5.65 Å². The van der Waals surface area contributed by atoms with Gasteiger partial charge in [0, 0.05) is 30.5 Å². The Morgan fingerprint density at radius 1 is 1.12 bits per heavy atom. The van der Waals surface area contributed by atoms with Crippen molar-refractivity contribution in [1.82, 2.24) is 34.6 Å². The van der Waals surface area contributed by atoms with E-state index in [0.717, 1.165) is 61.0 Å². The van der Waals surface area contributed by atoms with Gasteiger partial charge in [0.2, 0.25) is 17.6 Å². The first kappa shape index (κ1) is 25.6. The lowest BCUT2D eigenvalue weighted by atomic mass is 9.83. The van der Waals surface area contributed by atoms with Crippen molar-refractivity contribution >= 4 is 28.7 Å². The fourth-order valence-electron chi connectivity index (χ4n) is 6.73. The Morgan fingerprint density at radius 2 is 1.98 bits per heavy atom. The Bertz CT molecular complexity index is 1600. The van der Waals surface area contributed by atoms with Gasteiger partial charge in [-0.05, 0) is 56.9 Å². The number of anilines is 1. The summed E-state index contributed by atoms with van der Waals surface area (Å²) in [6, 6.07) is 2.16. The number of imidazole rings is 1. The van der Waals surface area contributed by atoms with Crippen LogP contribution in [0.4, 0.5) is 5.95 Å². The standard InChI is InChI=1S/C28H33ClN8O3/c1-15-6-8-17(9-7-15)14-37-23-22(19-12-18(29)13-30-16(19)2)31-25(26-34-28(38)40-35-26)32-24(23)33-27(37)36-10-11-39-21-5-3-4-20(21)36/h12-13,15,17,20-21H,3-11,14H2,1-2H3,(H,34,35,38)/t15?,17?,20-,21-/m0/s1. The molecule has 1 saturated heterocycles. The van der Waals surface area contributed by atoms with E-state index in [4.69, 9.17) is 35.8 Å². The van der Waals surface area contributed by atoms with Gasteiger partial charge in [-0.2, -0.15) is 4.98 Å². The number of hydrogen-bond acceptors (Lipinski definition) is 9. The number of hydrogen-bond donors (Lipinski definition) is 1. The molecule has 2 saturated carbocycles. The number of pyridine rings is 1. The normalized spacial score (nSPS) is 25.0. The second-order valence-corrected chi connectivity index (χ2v) is 12.0. The lowest BCUT2D eigenvalue weighted by Crippen LogP contribution is -2.49. The third-order valence-corrected chi connectivity index (χ3v) is 9.07. The van der Waals surface area contributed by atoms with Gasteiger partial charge in [0.25, 0.3) is 0 Å². The predicted octanol–water partition coefficient (Wildman–Crippen LogP) is 4.78. The number of morpholine rings is 1. The number of halogens is 1. The van der Waals surface area contributed by atoms with E-state index in [1.807, 2.05) is 13.0 Å². The molecular weight excluding hydrogens is 532 g/mol. The van der Waals surface area contributed by atoms with Crippen LogP contribution in [-0.2, 0) is 11.3 Å². The predicted molar refractivity (Wildman–Crippen MR) is 150 cm³/mol. The lowest BCUT2D eigenvalue weighted by molar-refractivity contribution is 0.0247. The number of ether oxygens (including phenoxy) is 1. The summed E-state index contributed by atoms with van der Waals surface area (Å²) in [6.07, 6.45) is 9.99. The zero-order valence-corrected chi connectivity index (χ0v) is 23.5. The third kappa shape index (κ3) is 4.58. The zero-order valence-electron chi connectivity index (χ0n) is 22.8. The topological polar surface area (TPSA) is 128 Å². The van der Waals surface area contributed by atoms with Crippen LogP contribution in [0.3, 0.4) is 0 Å². The third-order valence-electron chi connectivity index (χ3n) is 8.86. The molecule has 0 amide bonds. The Balaban J connectivity index is 1.46. The molecule has 40 heavy (non-hydrogen) atoms. The molecule has 0 spiro atoms. The summed E-state index contributed by atoms with van der Waals surface area (Å²) >= 11 is 6.45. The van der Waals surface area contributed by atoms with Gasteiger partial charge < -0.3 is 14.2 Å². The molecule has 0 aromatic carbocycles. The number of aryl methyl sites for hydroxylation is 1. The van der Waals surface area contributed by atoms with E-state index in [9.17, 15) is 4.79 Å². The highest BCUT2D eigenvalue weighted by Crippen LogP contribution is 2.39. The van der Waals surface area contributed by atoms with Crippen molar-refractivity contribution in [2.75, 3.05) is 18.1 Å². The highest BCUT2D eigenvalue weighted by atomic mass is 35.5. The minimum absolute atomic E-state index is 0.153. The summed E-state index contributed by atoms with van der Waals surface area (Å²) in [5.41, 5.74) is 3.63. The van der Waals surface area contributed by atoms with Gasteiger partial charge in [-0.3, -0.25) is 14.5 Å². The highest BCUT2D eigenvalue weighted by molar-refractivity contribution is 6.30. The van der Waals surface area contributed by atoms with E-state index >= 15 is 0 Å². The van der Waals surface area contributed by atoms with E-state index in [2.05, 4.69) is 31.5 Å². The number of fused-ring (bicyclic) bond motifs is 2. The average molecular weight is 565 g/mol. The number of nitrogens with zero attached hydrogens (tertiary/aromatic N) is 7. The van der Waals surface area contributed by atoms with Crippen LogP contribution in [0.2, 0.25) is 5.02 Å². The molecule has 2 atom stereocenters. The Kier molecular flexibility index (Phi) is 6.58. The van der Waals surface area contributed by atoms with Crippen LogP contribution in [0.1, 0.15) is 57.6 Å². The van der Waals surface area contributed by atoms with Crippen molar-refractivity contribution in [1.29, 1.82) is 0 Å². The molecule has 5 heterocycles. The molecule has 0 unspecified atom stereocenters. The summed E-state index contributed by atoms with van der Waals surface area (Å²) in [6.45, 7) is 6.56. The molecule has 7 rings (SSSR count). The molecule has 1 aliphatic heterocycles. The molecule has 3 fully saturated rings. The maximum Gasteiger partial charge on any atom is 0.439 e. The molecule has 2 aliphatic carbocycles. The van der Waals surface area contributed by atoms with Crippen LogP contribution >= 0.6 is 11.6 Å². The van der Waals surface area contributed by atoms with Gasteiger partial charge in [-0.15, -0.1) is 0 Å². The van der Waals surface area contributed by atoms with Crippen molar-refractivity contribution in [3.05, 3.63) is 33.5 Å². The maximum atomic E-state index is 11.8. The van der Waals surface area contributed by atoms with Crippen molar-refractivity contribution in [3.8, 4) is 22.9 Å². The second kappa shape index (κ2) is 10.3. The first-order chi connectivity index (χ1) is 19.4. The zero-order chi connectivity index (χ0) is 27.4. The quantitative estimate of drug-likeness (QED) is 0.364. The lowest BCUT2D eigenvalue weighted by Gasteiger charge is -2.39. The molecule has 210 valence electrons. The number of aromatic amines is 1. The van der Waals surface area contributed by atoms with E-state index in [1.54, 1.807) is 6.20 Å². The van der Waals surface area contributed by atoms with E-state index in [0.29, 0.717) is 28.9 Å². The summed E-state index contributed by atoms with van der Waals surface area (Å²) < 4.78 is 13.3. The number of nitrogens with one attached hydrogen (secondary N) is 1. The van der Waals surface area contributed by atoms with Crippen LogP contribution in [-0.4, -0.2) is 59.9 Å². The van der Waals surface area contributed by atoms with Crippen LogP contribution in [0, 0.1) is 18.8 Å². The summed E-state index contributed by atoms with van der Waals surface area (Å²) in [5.74, 6) is 1.92. The van der Waals surface area contributed by atoms with E-state index in [-0.39, 0.29) is 23.8 Å². The number of aromatic nitrogens is 7. The van der Waals surface area contributed by atoms with Crippen molar-refractivity contribution < 1.29 is 9.26 Å².